The van der Waals surface area contributed by atoms with Crippen molar-refractivity contribution < 1.29 is 9.45 Å². The molecule has 33 heavy (non-hydrogen) atoms. The van der Waals surface area contributed by atoms with Gasteiger partial charge in [-0.15, -0.1) is 11.3 Å². The number of thiophene rings is 1. The molecule has 3 aromatic heterocycles. The quantitative estimate of drug-likeness (QED) is 0.445. The van der Waals surface area contributed by atoms with E-state index in [4.69, 9.17) is 4.65 Å². The third-order valence-corrected chi connectivity index (χ3v) is 6.53. The first-order valence-corrected chi connectivity index (χ1v) is 11.5. The minimum atomic E-state index is -0.293. The Morgan fingerprint density at radius 1 is 1.12 bits per heavy atom. The summed E-state index contributed by atoms with van der Waals surface area (Å²) in [4.78, 5) is 30.6. The lowest BCUT2D eigenvalue weighted by molar-refractivity contribution is 0.102. The second-order valence-corrected chi connectivity index (χ2v) is 8.53. The molecular formula is C23H22BN6O2S. The Hall–Kier alpha value is -3.34. The maximum Gasteiger partial charge on any atom is 0.398 e. The molecule has 1 fully saturated rings. The zero-order chi connectivity index (χ0) is 22.6. The predicted octanol–water partition coefficient (Wildman–Crippen LogP) is 3.31. The molecule has 1 amide bonds. The molecule has 1 radical (unpaired) electrons. The van der Waals surface area contributed by atoms with E-state index in [0.717, 1.165) is 47.5 Å². The van der Waals surface area contributed by atoms with E-state index in [9.17, 15) is 4.79 Å². The summed E-state index contributed by atoms with van der Waals surface area (Å²) in [5.41, 5.74) is 2.84. The number of hydrogen-bond acceptors (Lipinski definition) is 8. The molecule has 0 spiro atoms. The minimum absolute atomic E-state index is 0.293. The Morgan fingerprint density at radius 3 is 2.82 bits per heavy atom. The van der Waals surface area contributed by atoms with E-state index in [1.165, 1.54) is 0 Å². The van der Waals surface area contributed by atoms with Gasteiger partial charge >= 0.3 is 7.62 Å². The maximum atomic E-state index is 13.1. The molecule has 8 nitrogen and oxygen atoms in total. The Labute approximate surface area is 196 Å². The Morgan fingerprint density at radius 2 is 1.97 bits per heavy atom. The maximum absolute atomic E-state index is 13.1. The molecule has 1 aliphatic rings. The molecule has 0 unspecified atom stereocenters. The average molecular weight is 457 g/mol. The molecule has 1 aromatic carbocycles. The number of aromatic nitrogens is 3. The SMILES string of the molecule is CO[B]N1CCN(c2ccncc2NC(=O)c2ccnc(-c3csc4ccccc34)n2)CC1. The van der Waals surface area contributed by atoms with E-state index >= 15 is 0 Å². The van der Waals surface area contributed by atoms with Gasteiger partial charge in [0.15, 0.2) is 5.82 Å². The zero-order valence-electron chi connectivity index (χ0n) is 18.1. The molecule has 10 heteroatoms. The Bertz CT molecular complexity index is 1270. The number of hydrogen-bond donors (Lipinski definition) is 1. The van der Waals surface area contributed by atoms with Gasteiger partial charge in [0, 0.05) is 66.7 Å². The summed E-state index contributed by atoms with van der Waals surface area (Å²) >= 11 is 1.64. The summed E-state index contributed by atoms with van der Waals surface area (Å²) in [6.45, 7) is 3.31. The molecular weight excluding hydrogens is 435 g/mol. The number of benzene rings is 1. The Balaban J connectivity index is 1.35. The van der Waals surface area contributed by atoms with Crippen molar-refractivity contribution in [2.24, 2.45) is 0 Å². The van der Waals surface area contributed by atoms with Crippen molar-refractivity contribution >= 4 is 46.3 Å². The monoisotopic (exact) mass is 457 g/mol. The summed E-state index contributed by atoms with van der Waals surface area (Å²) in [5.74, 6) is 0.246. The molecule has 5 rings (SSSR count). The number of rotatable bonds is 6. The number of anilines is 2. The van der Waals surface area contributed by atoms with Crippen molar-refractivity contribution in [3.8, 4) is 11.4 Å². The van der Waals surface area contributed by atoms with Gasteiger partial charge in [-0.3, -0.25) is 9.78 Å². The third-order valence-electron chi connectivity index (χ3n) is 5.57. The van der Waals surface area contributed by atoms with Crippen molar-refractivity contribution in [3.05, 3.63) is 66.1 Å². The molecule has 0 saturated carbocycles. The second-order valence-electron chi connectivity index (χ2n) is 7.62. The number of carbonyl (C=O) groups is 1. The smallest absolute Gasteiger partial charge is 0.398 e. The van der Waals surface area contributed by atoms with Gasteiger partial charge in [-0.1, -0.05) is 18.2 Å². The number of pyridine rings is 1. The van der Waals surface area contributed by atoms with Crippen LogP contribution < -0.4 is 10.2 Å². The average Bonchev–Trinajstić information content (AvgIpc) is 3.30. The van der Waals surface area contributed by atoms with E-state index in [2.05, 4.69) is 36.0 Å². The first-order valence-electron chi connectivity index (χ1n) is 10.6. The van der Waals surface area contributed by atoms with Crippen LogP contribution in [-0.2, 0) is 4.65 Å². The van der Waals surface area contributed by atoms with E-state index in [0.29, 0.717) is 17.2 Å². The van der Waals surface area contributed by atoms with Gasteiger partial charge < -0.3 is 19.7 Å². The first-order chi connectivity index (χ1) is 16.2. The molecule has 0 aliphatic carbocycles. The first kappa shape index (κ1) is 21.5. The molecule has 0 atom stereocenters. The van der Waals surface area contributed by atoms with Gasteiger partial charge in [0.2, 0.25) is 0 Å². The summed E-state index contributed by atoms with van der Waals surface area (Å²) < 4.78 is 6.27. The van der Waals surface area contributed by atoms with E-state index < -0.39 is 0 Å². The third kappa shape index (κ3) is 4.59. The van der Waals surface area contributed by atoms with Crippen LogP contribution in [0, 0.1) is 0 Å². The topological polar surface area (TPSA) is 83.5 Å². The normalized spacial score (nSPS) is 14.4. The van der Waals surface area contributed by atoms with Crippen LogP contribution in [0.2, 0.25) is 0 Å². The van der Waals surface area contributed by atoms with Gasteiger partial charge in [0.05, 0.1) is 17.6 Å². The van der Waals surface area contributed by atoms with Crippen molar-refractivity contribution in [1.82, 2.24) is 19.8 Å². The molecule has 1 N–H and O–H groups in total. The zero-order valence-corrected chi connectivity index (χ0v) is 19.0. The van der Waals surface area contributed by atoms with Gasteiger partial charge in [0.1, 0.15) is 5.69 Å². The number of nitrogens with one attached hydrogen (secondary N) is 1. The van der Waals surface area contributed by atoms with Crippen LogP contribution in [-0.4, -0.2) is 66.6 Å². The second kappa shape index (κ2) is 9.66. The van der Waals surface area contributed by atoms with Crippen molar-refractivity contribution in [2.75, 3.05) is 43.5 Å². The number of fused-ring (bicyclic) bond motifs is 1. The van der Waals surface area contributed by atoms with Crippen molar-refractivity contribution in [2.45, 2.75) is 0 Å². The highest BCUT2D eigenvalue weighted by Crippen LogP contribution is 2.32. The number of piperazine rings is 1. The largest absolute Gasteiger partial charge is 0.427 e. The molecule has 0 bridgehead atoms. The summed E-state index contributed by atoms with van der Waals surface area (Å²) in [5, 5.41) is 6.11. The molecule has 4 aromatic rings. The number of carbonyl (C=O) groups excluding carboxylic acids is 1. The summed E-state index contributed by atoms with van der Waals surface area (Å²) in [6.07, 6.45) is 5.04. The standard InChI is InChI=1S/C23H22BN6O2S/c1-32-24-30-12-10-29(11-13-30)20-7-8-25-14-19(20)28-23(31)18-6-9-26-22(27-18)17-15-33-21-5-3-2-4-16(17)21/h2-9,14-15H,10-13H2,1H3,(H,28,31). The van der Waals surface area contributed by atoms with Crippen LogP contribution in [0.1, 0.15) is 10.5 Å². The molecule has 1 aliphatic heterocycles. The van der Waals surface area contributed by atoms with E-state index in [-0.39, 0.29) is 5.91 Å². The highest BCUT2D eigenvalue weighted by molar-refractivity contribution is 7.17. The van der Waals surface area contributed by atoms with E-state index in [1.807, 2.05) is 29.6 Å². The summed E-state index contributed by atoms with van der Waals surface area (Å²) in [7, 11) is 3.40. The fourth-order valence-corrected chi connectivity index (χ4v) is 4.87. The lowest BCUT2D eigenvalue weighted by Gasteiger charge is -2.36. The highest BCUT2D eigenvalue weighted by Gasteiger charge is 2.21. The van der Waals surface area contributed by atoms with Crippen LogP contribution in [0.3, 0.4) is 0 Å². The van der Waals surface area contributed by atoms with E-state index in [1.54, 1.807) is 50.7 Å². The van der Waals surface area contributed by atoms with Gasteiger partial charge in [0.25, 0.3) is 5.91 Å². The van der Waals surface area contributed by atoms with Gasteiger partial charge in [-0.05, 0) is 18.2 Å². The molecule has 4 heterocycles. The lowest BCUT2D eigenvalue weighted by Crippen LogP contribution is -2.48. The highest BCUT2D eigenvalue weighted by atomic mass is 32.1. The van der Waals surface area contributed by atoms with Gasteiger partial charge in [-0.25, -0.2) is 9.97 Å². The van der Waals surface area contributed by atoms with Crippen molar-refractivity contribution in [3.63, 3.8) is 0 Å². The van der Waals surface area contributed by atoms with Crippen LogP contribution in [0.25, 0.3) is 21.5 Å². The Kier molecular flexibility index (Phi) is 6.29. The fourth-order valence-electron chi connectivity index (χ4n) is 3.93. The number of nitrogens with zero attached hydrogens (tertiary/aromatic N) is 5. The predicted molar refractivity (Wildman–Crippen MR) is 132 cm³/mol. The lowest BCUT2D eigenvalue weighted by atomic mass is 10.1. The van der Waals surface area contributed by atoms with Crippen LogP contribution in [0.5, 0.6) is 0 Å². The fraction of sp³-hybridized carbons (Fsp3) is 0.217. The summed E-state index contributed by atoms with van der Waals surface area (Å²) in [6, 6.07) is 11.7. The van der Waals surface area contributed by atoms with Crippen LogP contribution in [0.4, 0.5) is 11.4 Å². The molecule has 1 saturated heterocycles. The number of amides is 1. The van der Waals surface area contributed by atoms with Gasteiger partial charge in [-0.2, -0.15) is 0 Å². The van der Waals surface area contributed by atoms with Crippen molar-refractivity contribution in [1.29, 1.82) is 0 Å². The van der Waals surface area contributed by atoms with Crippen LogP contribution in [0.15, 0.2) is 60.4 Å². The molecule has 165 valence electrons. The minimum Gasteiger partial charge on any atom is -0.427 e. The van der Waals surface area contributed by atoms with Crippen LogP contribution >= 0.6 is 11.3 Å².